The Hall–Kier alpha value is -0.800. The fourth-order valence-corrected chi connectivity index (χ4v) is 1.51. The van der Waals surface area contributed by atoms with Gasteiger partial charge in [0.2, 0.25) is 0 Å². The van der Waals surface area contributed by atoms with Crippen molar-refractivity contribution in [3.8, 4) is 0 Å². The van der Waals surface area contributed by atoms with Crippen LogP contribution in [0.4, 0.5) is 5.82 Å². The van der Waals surface area contributed by atoms with Crippen LogP contribution in [0.3, 0.4) is 0 Å². The van der Waals surface area contributed by atoms with Gasteiger partial charge in [0.25, 0.3) is 0 Å². The first-order valence-electron chi connectivity index (χ1n) is 4.87. The fourth-order valence-electron chi connectivity index (χ4n) is 1.39. The lowest BCUT2D eigenvalue weighted by atomic mass is 10.2. The molecule has 4 heteroatoms. The van der Waals surface area contributed by atoms with E-state index in [1.54, 1.807) is 6.20 Å². The third-order valence-electron chi connectivity index (χ3n) is 2.47. The van der Waals surface area contributed by atoms with E-state index in [9.17, 15) is 0 Å². The lowest BCUT2D eigenvalue weighted by Gasteiger charge is -2.11. The van der Waals surface area contributed by atoms with Crippen molar-refractivity contribution in [1.29, 1.82) is 0 Å². The molecule has 2 rings (SSSR count). The summed E-state index contributed by atoms with van der Waals surface area (Å²) in [4.78, 5) is 4.13. The van der Waals surface area contributed by atoms with Gasteiger partial charge in [-0.3, -0.25) is 0 Å². The second kappa shape index (κ2) is 4.15. The largest absolute Gasteiger partial charge is 0.369 e. The van der Waals surface area contributed by atoms with Crippen molar-refractivity contribution >= 4 is 17.4 Å². The Kier molecular flexibility index (Phi) is 2.89. The summed E-state index contributed by atoms with van der Waals surface area (Å²) in [6, 6.07) is 3.94. The van der Waals surface area contributed by atoms with E-state index in [4.69, 9.17) is 17.3 Å². The summed E-state index contributed by atoms with van der Waals surface area (Å²) in [6.07, 6.45) is 4.18. The average Bonchev–Trinajstić information content (AvgIpc) is 3.00. The first-order valence-corrected chi connectivity index (χ1v) is 5.24. The van der Waals surface area contributed by atoms with E-state index in [1.807, 2.05) is 12.1 Å². The molecule has 1 fully saturated rings. The number of anilines is 1. The normalized spacial score (nSPS) is 17.9. The molecule has 1 aromatic heterocycles. The highest BCUT2D eigenvalue weighted by Gasteiger charge is 2.27. The summed E-state index contributed by atoms with van der Waals surface area (Å²) in [7, 11) is 0. The van der Waals surface area contributed by atoms with E-state index in [2.05, 4.69) is 10.3 Å². The zero-order valence-corrected chi connectivity index (χ0v) is 8.67. The van der Waals surface area contributed by atoms with E-state index in [1.165, 1.54) is 12.8 Å². The van der Waals surface area contributed by atoms with Gasteiger partial charge in [-0.1, -0.05) is 11.6 Å². The van der Waals surface area contributed by atoms with Crippen LogP contribution in [0.15, 0.2) is 18.3 Å². The molecular weight excluding hydrogens is 198 g/mol. The average molecular weight is 212 g/mol. The summed E-state index contributed by atoms with van der Waals surface area (Å²) in [5, 5.41) is 3.85. The van der Waals surface area contributed by atoms with Crippen LogP contribution in [0.25, 0.3) is 0 Å². The lowest BCUT2D eigenvalue weighted by Crippen LogP contribution is -2.31. The van der Waals surface area contributed by atoms with Crippen LogP contribution in [0, 0.1) is 5.92 Å². The molecule has 0 amide bonds. The predicted molar refractivity (Wildman–Crippen MR) is 58.4 cm³/mol. The molecule has 1 aromatic rings. The molecule has 3 N–H and O–H groups in total. The van der Waals surface area contributed by atoms with E-state index < -0.39 is 0 Å². The summed E-state index contributed by atoms with van der Waals surface area (Å²) < 4.78 is 0. The highest BCUT2D eigenvalue weighted by atomic mass is 35.5. The standard InChI is InChI=1S/C10H14ClN3/c11-8-3-4-10(13-5-8)14-6-9(12)7-1-2-7/h3-5,7,9H,1-2,6,12H2,(H,13,14). The maximum absolute atomic E-state index is 5.94. The number of halogens is 1. The smallest absolute Gasteiger partial charge is 0.126 e. The minimum atomic E-state index is 0.257. The van der Waals surface area contributed by atoms with Crippen molar-refractivity contribution in [3.63, 3.8) is 0 Å². The van der Waals surface area contributed by atoms with E-state index in [0.29, 0.717) is 5.02 Å². The number of nitrogens with one attached hydrogen (secondary N) is 1. The number of rotatable bonds is 4. The van der Waals surface area contributed by atoms with Gasteiger partial charge in [-0.2, -0.15) is 0 Å². The third kappa shape index (κ3) is 2.59. The van der Waals surface area contributed by atoms with Crippen molar-refractivity contribution in [2.75, 3.05) is 11.9 Å². The molecule has 0 aliphatic heterocycles. The molecule has 3 nitrogen and oxygen atoms in total. The minimum Gasteiger partial charge on any atom is -0.369 e. The number of hydrogen-bond donors (Lipinski definition) is 2. The summed E-state index contributed by atoms with van der Waals surface area (Å²) >= 11 is 5.72. The molecule has 1 unspecified atom stereocenters. The Bertz CT molecular complexity index is 295. The number of hydrogen-bond acceptors (Lipinski definition) is 3. The molecule has 0 saturated heterocycles. The second-order valence-electron chi connectivity index (χ2n) is 3.74. The maximum atomic E-state index is 5.94. The van der Waals surface area contributed by atoms with Crippen LogP contribution < -0.4 is 11.1 Å². The van der Waals surface area contributed by atoms with Crippen LogP contribution in [-0.2, 0) is 0 Å². The molecule has 1 aliphatic rings. The number of nitrogens with zero attached hydrogens (tertiary/aromatic N) is 1. The Balaban J connectivity index is 1.82. The first kappa shape index (κ1) is 9.74. The molecular formula is C10H14ClN3. The fraction of sp³-hybridized carbons (Fsp3) is 0.500. The minimum absolute atomic E-state index is 0.257. The van der Waals surface area contributed by atoms with Gasteiger partial charge in [0.05, 0.1) is 5.02 Å². The quantitative estimate of drug-likeness (QED) is 0.800. The molecule has 76 valence electrons. The topological polar surface area (TPSA) is 50.9 Å². The summed E-state index contributed by atoms with van der Waals surface area (Å²) in [5.74, 6) is 1.56. The van der Waals surface area contributed by atoms with Crippen molar-refractivity contribution in [2.24, 2.45) is 11.7 Å². The molecule has 1 heterocycles. The van der Waals surface area contributed by atoms with Gasteiger partial charge < -0.3 is 11.1 Å². The van der Waals surface area contributed by atoms with Gasteiger partial charge in [-0.15, -0.1) is 0 Å². The van der Waals surface area contributed by atoms with Gasteiger partial charge in [0.15, 0.2) is 0 Å². The Morgan fingerprint density at radius 2 is 2.36 bits per heavy atom. The maximum Gasteiger partial charge on any atom is 0.126 e. The van der Waals surface area contributed by atoms with Crippen LogP contribution in [0.5, 0.6) is 0 Å². The highest BCUT2D eigenvalue weighted by molar-refractivity contribution is 6.30. The summed E-state index contributed by atoms with van der Waals surface area (Å²) in [6.45, 7) is 0.791. The van der Waals surface area contributed by atoms with E-state index in [0.717, 1.165) is 18.3 Å². The molecule has 0 radical (unpaired) electrons. The summed E-state index contributed by atoms with van der Waals surface area (Å²) in [5.41, 5.74) is 5.94. The molecule has 1 atom stereocenters. The number of nitrogens with two attached hydrogens (primary N) is 1. The molecule has 0 aromatic carbocycles. The zero-order valence-electron chi connectivity index (χ0n) is 7.91. The predicted octanol–water partition coefficient (Wildman–Crippen LogP) is 1.88. The second-order valence-corrected chi connectivity index (χ2v) is 4.18. The highest BCUT2D eigenvalue weighted by Crippen LogP contribution is 2.31. The van der Waals surface area contributed by atoms with Gasteiger partial charge in [0, 0.05) is 18.8 Å². The number of pyridine rings is 1. The van der Waals surface area contributed by atoms with Crippen molar-refractivity contribution < 1.29 is 0 Å². The molecule has 0 spiro atoms. The Morgan fingerprint density at radius 3 is 2.93 bits per heavy atom. The first-order chi connectivity index (χ1) is 6.75. The number of aromatic nitrogens is 1. The van der Waals surface area contributed by atoms with Gasteiger partial charge in [-0.05, 0) is 30.9 Å². The van der Waals surface area contributed by atoms with E-state index in [-0.39, 0.29) is 6.04 Å². The Labute approximate surface area is 88.7 Å². The van der Waals surface area contributed by atoms with E-state index >= 15 is 0 Å². The van der Waals surface area contributed by atoms with Crippen LogP contribution in [0.1, 0.15) is 12.8 Å². The molecule has 14 heavy (non-hydrogen) atoms. The monoisotopic (exact) mass is 211 g/mol. The molecule has 1 saturated carbocycles. The van der Waals surface area contributed by atoms with Gasteiger partial charge in [0.1, 0.15) is 5.82 Å². The van der Waals surface area contributed by atoms with Crippen molar-refractivity contribution in [3.05, 3.63) is 23.4 Å². The van der Waals surface area contributed by atoms with Crippen LogP contribution in [-0.4, -0.2) is 17.6 Å². The lowest BCUT2D eigenvalue weighted by molar-refractivity contribution is 0.620. The zero-order chi connectivity index (χ0) is 9.97. The van der Waals surface area contributed by atoms with Crippen LogP contribution in [0.2, 0.25) is 5.02 Å². The Morgan fingerprint density at radius 1 is 1.57 bits per heavy atom. The van der Waals surface area contributed by atoms with Crippen LogP contribution >= 0.6 is 11.6 Å². The van der Waals surface area contributed by atoms with Gasteiger partial charge >= 0.3 is 0 Å². The van der Waals surface area contributed by atoms with Crippen molar-refractivity contribution in [2.45, 2.75) is 18.9 Å². The van der Waals surface area contributed by atoms with Gasteiger partial charge in [-0.25, -0.2) is 4.98 Å². The molecule has 1 aliphatic carbocycles. The third-order valence-corrected chi connectivity index (χ3v) is 2.70. The molecule has 0 bridgehead atoms. The van der Waals surface area contributed by atoms with Crippen molar-refractivity contribution in [1.82, 2.24) is 4.98 Å². The SMILES string of the molecule is NC(CNc1ccc(Cl)cn1)C1CC1.